The number of carbonyl (C=O) groups is 1. The molecule has 0 saturated heterocycles. The van der Waals surface area contributed by atoms with Crippen LogP contribution >= 0.6 is 11.8 Å². The summed E-state index contributed by atoms with van der Waals surface area (Å²) in [4.78, 5) is 17.1. The Morgan fingerprint density at radius 2 is 2.08 bits per heavy atom. The zero-order chi connectivity index (χ0) is 18.1. The molecule has 0 radical (unpaired) electrons. The molecule has 0 spiro atoms. The molecule has 2 heterocycles. The first-order valence-corrected chi connectivity index (χ1v) is 10.1. The van der Waals surface area contributed by atoms with E-state index in [1.165, 1.54) is 24.6 Å². The Balaban J connectivity index is 1.58. The lowest BCUT2D eigenvalue weighted by atomic mass is 10.2. The van der Waals surface area contributed by atoms with Gasteiger partial charge in [-0.3, -0.25) is 4.79 Å². The monoisotopic (exact) mass is 369 g/mol. The first-order chi connectivity index (χ1) is 12.7. The van der Waals surface area contributed by atoms with E-state index in [4.69, 9.17) is 4.98 Å². The minimum absolute atomic E-state index is 0.0571. The summed E-state index contributed by atoms with van der Waals surface area (Å²) < 4.78 is 2.15. The second kappa shape index (κ2) is 7.23. The van der Waals surface area contributed by atoms with E-state index < -0.39 is 0 Å². The van der Waals surface area contributed by atoms with Crippen molar-refractivity contribution in [2.75, 3.05) is 0 Å². The average Bonchev–Trinajstić information content (AvgIpc) is 3.26. The molecule has 136 valence electrons. The summed E-state index contributed by atoms with van der Waals surface area (Å²) in [6.45, 7) is 4.81. The molecule has 6 nitrogen and oxygen atoms in total. The van der Waals surface area contributed by atoms with E-state index in [0.29, 0.717) is 11.2 Å². The number of fused-ring (bicyclic) bond motifs is 3. The third-order valence-corrected chi connectivity index (χ3v) is 5.98. The van der Waals surface area contributed by atoms with Crippen molar-refractivity contribution in [3.8, 4) is 0 Å². The number of nitrogens with one attached hydrogen (secondary N) is 1. The van der Waals surface area contributed by atoms with Gasteiger partial charge in [0.15, 0.2) is 5.65 Å². The molecule has 1 saturated carbocycles. The van der Waals surface area contributed by atoms with Gasteiger partial charge in [-0.15, -0.1) is 10.2 Å². The number of hydrogen-bond acceptors (Lipinski definition) is 5. The summed E-state index contributed by atoms with van der Waals surface area (Å²) in [7, 11) is 0. The minimum atomic E-state index is -0.241. The van der Waals surface area contributed by atoms with E-state index in [2.05, 4.69) is 33.1 Å². The van der Waals surface area contributed by atoms with E-state index in [1.54, 1.807) is 0 Å². The number of carbonyl (C=O) groups excluding carboxylic acids is 1. The van der Waals surface area contributed by atoms with Crippen LogP contribution in [0.1, 0.15) is 39.5 Å². The predicted molar refractivity (Wildman–Crippen MR) is 104 cm³/mol. The van der Waals surface area contributed by atoms with Gasteiger partial charge < -0.3 is 9.88 Å². The van der Waals surface area contributed by atoms with Crippen molar-refractivity contribution < 1.29 is 4.79 Å². The van der Waals surface area contributed by atoms with Crippen molar-refractivity contribution in [3.63, 3.8) is 0 Å². The average molecular weight is 369 g/mol. The number of aromatic nitrogens is 4. The fourth-order valence-corrected chi connectivity index (χ4v) is 4.38. The third-order valence-electron chi connectivity index (χ3n) is 5.02. The second-order valence-electron chi connectivity index (χ2n) is 6.78. The third kappa shape index (κ3) is 3.16. The van der Waals surface area contributed by atoms with Gasteiger partial charge in [0.1, 0.15) is 5.52 Å². The van der Waals surface area contributed by atoms with Crippen molar-refractivity contribution in [2.24, 2.45) is 0 Å². The smallest absolute Gasteiger partial charge is 0.233 e. The Morgan fingerprint density at radius 1 is 1.31 bits per heavy atom. The molecular formula is C19H23N5OS. The van der Waals surface area contributed by atoms with Gasteiger partial charge in [-0.05, 0) is 32.8 Å². The quantitative estimate of drug-likeness (QED) is 0.697. The number of amides is 1. The van der Waals surface area contributed by atoms with Crippen LogP contribution in [0.3, 0.4) is 0 Å². The highest BCUT2D eigenvalue weighted by Crippen LogP contribution is 2.28. The van der Waals surface area contributed by atoms with Crippen LogP contribution in [-0.4, -0.2) is 36.9 Å². The summed E-state index contributed by atoms with van der Waals surface area (Å²) in [5, 5.41) is 13.2. The number of thioether (sulfide) groups is 1. The largest absolute Gasteiger partial charge is 0.352 e. The molecule has 2 aromatic heterocycles. The molecule has 1 atom stereocenters. The van der Waals surface area contributed by atoms with Gasteiger partial charge in [-0.2, -0.15) is 0 Å². The summed E-state index contributed by atoms with van der Waals surface area (Å²) in [5.41, 5.74) is 2.76. The van der Waals surface area contributed by atoms with Crippen molar-refractivity contribution in [1.82, 2.24) is 25.1 Å². The van der Waals surface area contributed by atoms with Crippen molar-refractivity contribution >= 4 is 39.7 Å². The molecule has 1 unspecified atom stereocenters. The minimum Gasteiger partial charge on any atom is -0.352 e. The molecule has 7 heteroatoms. The molecule has 4 rings (SSSR count). The Bertz CT molecular complexity index is 948. The lowest BCUT2D eigenvalue weighted by Gasteiger charge is -2.15. The molecule has 1 amide bonds. The molecule has 1 N–H and O–H groups in total. The van der Waals surface area contributed by atoms with Crippen molar-refractivity contribution in [2.45, 2.75) is 62.5 Å². The van der Waals surface area contributed by atoms with Crippen molar-refractivity contribution in [3.05, 3.63) is 24.3 Å². The maximum atomic E-state index is 12.4. The highest BCUT2D eigenvalue weighted by atomic mass is 32.2. The first kappa shape index (κ1) is 17.3. The van der Waals surface area contributed by atoms with E-state index in [0.717, 1.165) is 41.5 Å². The maximum Gasteiger partial charge on any atom is 0.233 e. The number of hydrogen-bond donors (Lipinski definition) is 1. The number of nitrogens with zero attached hydrogens (tertiary/aromatic N) is 4. The van der Waals surface area contributed by atoms with Crippen LogP contribution in [0, 0.1) is 0 Å². The van der Waals surface area contributed by atoms with Crippen LogP contribution in [0.15, 0.2) is 29.4 Å². The van der Waals surface area contributed by atoms with Gasteiger partial charge >= 0.3 is 0 Å². The fraction of sp³-hybridized carbons (Fsp3) is 0.474. The number of para-hydroxylation sites is 1. The summed E-state index contributed by atoms with van der Waals surface area (Å²) in [5.74, 6) is 0.0571. The Morgan fingerprint density at radius 3 is 2.85 bits per heavy atom. The van der Waals surface area contributed by atoms with Crippen LogP contribution in [-0.2, 0) is 11.3 Å². The van der Waals surface area contributed by atoms with Crippen LogP contribution in [0.25, 0.3) is 22.1 Å². The lowest BCUT2D eigenvalue weighted by molar-refractivity contribution is -0.120. The number of benzene rings is 1. The van der Waals surface area contributed by atoms with E-state index in [1.807, 2.05) is 25.1 Å². The van der Waals surface area contributed by atoms with E-state index in [9.17, 15) is 4.79 Å². The fourth-order valence-electron chi connectivity index (χ4n) is 3.66. The lowest BCUT2D eigenvalue weighted by Crippen LogP contribution is -2.37. The second-order valence-corrected chi connectivity index (χ2v) is 8.09. The molecule has 26 heavy (non-hydrogen) atoms. The number of aryl methyl sites for hydroxylation is 1. The van der Waals surface area contributed by atoms with Gasteiger partial charge in [0.2, 0.25) is 11.1 Å². The molecule has 1 fully saturated rings. The zero-order valence-corrected chi connectivity index (χ0v) is 15.9. The molecule has 1 aromatic carbocycles. The predicted octanol–water partition coefficient (Wildman–Crippen LogP) is 3.54. The standard InChI is InChI=1S/C19H23N5OS/c1-3-24-15-11-7-6-10-14(15)16-17(24)21-19(23-22-16)26-12(2)18(25)20-13-8-4-5-9-13/h6-7,10-13H,3-5,8-9H2,1-2H3,(H,20,25). The summed E-state index contributed by atoms with van der Waals surface area (Å²) in [6, 6.07) is 8.47. The molecule has 0 aliphatic heterocycles. The molecular weight excluding hydrogens is 346 g/mol. The Kier molecular flexibility index (Phi) is 4.80. The van der Waals surface area contributed by atoms with Gasteiger partial charge in [0.05, 0.1) is 10.8 Å². The van der Waals surface area contributed by atoms with Gasteiger partial charge in [0, 0.05) is 18.0 Å². The van der Waals surface area contributed by atoms with Gasteiger partial charge in [-0.25, -0.2) is 4.98 Å². The van der Waals surface area contributed by atoms with Gasteiger partial charge in [0.25, 0.3) is 0 Å². The van der Waals surface area contributed by atoms with E-state index in [-0.39, 0.29) is 11.2 Å². The van der Waals surface area contributed by atoms with Crippen LogP contribution in [0.2, 0.25) is 0 Å². The van der Waals surface area contributed by atoms with E-state index >= 15 is 0 Å². The first-order valence-electron chi connectivity index (χ1n) is 9.26. The molecule has 3 aromatic rings. The molecule has 1 aliphatic rings. The summed E-state index contributed by atoms with van der Waals surface area (Å²) in [6.07, 6.45) is 4.59. The molecule has 1 aliphatic carbocycles. The van der Waals surface area contributed by atoms with Crippen LogP contribution < -0.4 is 5.32 Å². The summed E-state index contributed by atoms with van der Waals surface area (Å²) >= 11 is 1.37. The SMILES string of the molecule is CCn1c2ccccc2c2nnc(SC(C)C(=O)NC3CCCC3)nc21. The Labute approximate surface area is 156 Å². The topological polar surface area (TPSA) is 72.7 Å². The van der Waals surface area contributed by atoms with Gasteiger partial charge in [-0.1, -0.05) is 42.8 Å². The molecule has 0 bridgehead atoms. The normalized spacial score (nSPS) is 16.4. The number of rotatable bonds is 5. The maximum absolute atomic E-state index is 12.4. The highest BCUT2D eigenvalue weighted by Gasteiger charge is 2.23. The zero-order valence-electron chi connectivity index (χ0n) is 15.1. The Hall–Kier alpha value is -2.15. The van der Waals surface area contributed by atoms with Crippen LogP contribution in [0.5, 0.6) is 0 Å². The van der Waals surface area contributed by atoms with Crippen molar-refractivity contribution in [1.29, 1.82) is 0 Å². The van der Waals surface area contributed by atoms with Crippen LogP contribution in [0.4, 0.5) is 0 Å². The highest BCUT2D eigenvalue weighted by molar-refractivity contribution is 8.00.